The van der Waals surface area contributed by atoms with Crippen LogP contribution in [0.15, 0.2) is 59.5 Å². The van der Waals surface area contributed by atoms with Crippen molar-refractivity contribution in [2.45, 2.75) is 24.2 Å². The van der Waals surface area contributed by atoms with E-state index < -0.39 is 15.8 Å². The molecule has 27 heavy (non-hydrogen) atoms. The van der Waals surface area contributed by atoms with Crippen molar-refractivity contribution in [3.63, 3.8) is 0 Å². The highest BCUT2D eigenvalue weighted by Gasteiger charge is 2.30. The zero-order valence-corrected chi connectivity index (χ0v) is 16.0. The van der Waals surface area contributed by atoms with Crippen molar-refractivity contribution in [2.24, 2.45) is 0 Å². The number of halogens is 1. The SMILES string of the molecule is C[C@@H](CC(=O)N1CCN(S(=O)(=O)c2cccc(F)c2)CC1)c1ccccc1. The quantitative estimate of drug-likeness (QED) is 0.789. The van der Waals surface area contributed by atoms with Gasteiger partial charge in [0.05, 0.1) is 4.90 Å². The van der Waals surface area contributed by atoms with E-state index in [0.717, 1.165) is 11.6 Å². The molecule has 1 aliphatic heterocycles. The molecular weight excluding hydrogens is 367 g/mol. The average Bonchev–Trinajstić information content (AvgIpc) is 2.68. The minimum atomic E-state index is -3.74. The highest BCUT2D eigenvalue weighted by Crippen LogP contribution is 2.22. The minimum Gasteiger partial charge on any atom is -0.340 e. The van der Waals surface area contributed by atoms with Crippen LogP contribution in [-0.4, -0.2) is 49.7 Å². The molecule has 0 radical (unpaired) electrons. The van der Waals surface area contributed by atoms with E-state index >= 15 is 0 Å². The normalized spacial score (nSPS) is 16.9. The smallest absolute Gasteiger partial charge is 0.243 e. The number of carbonyl (C=O) groups is 1. The third-order valence-corrected chi connectivity index (χ3v) is 6.77. The molecule has 3 rings (SSSR count). The molecule has 0 aliphatic carbocycles. The summed E-state index contributed by atoms with van der Waals surface area (Å²) in [5, 5.41) is 0. The largest absolute Gasteiger partial charge is 0.340 e. The first-order valence-corrected chi connectivity index (χ1v) is 10.4. The molecule has 0 bridgehead atoms. The zero-order valence-electron chi connectivity index (χ0n) is 15.2. The molecule has 5 nitrogen and oxygen atoms in total. The van der Waals surface area contributed by atoms with Gasteiger partial charge in [-0.15, -0.1) is 0 Å². The maximum Gasteiger partial charge on any atom is 0.243 e. The lowest BCUT2D eigenvalue weighted by Crippen LogP contribution is -2.50. The van der Waals surface area contributed by atoms with Crippen LogP contribution >= 0.6 is 0 Å². The van der Waals surface area contributed by atoms with E-state index in [0.29, 0.717) is 19.5 Å². The lowest BCUT2D eigenvalue weighted by Gasteiger charge is -2.34. The Morgan fingerprint density at radius 2 is 1.70 bits per heavy atom. The van der Waals surface area contributed by atoms with Gasteiger partial charge in [-0.05, 0) is 29.7 Å². The fraction of sp³-hybridized carbons (Fsp3) is 0.350. The van der Waals surface area contributed by atoms with Gasteiger partial charge >= 0.3 is 0 Å². The number of hydrogen-bond donors (Lipinski definition) is 0. The fourth-order valence-electron chi connectivity index (χ4n) is 3.24. The van der Waals surface area contributed by atoms with Crippen molar-refractivity contribution >= 4 is 15.9 Å². The van der Waals surface area contributed by atoms with E-state index in [1.807, 2.05) is 37.3 Å². The summed E-state index contributed by atoms with van der Waals surface area (Å²) in [6.45, 7) is 3.12. The molecular formula is C20H23FN2O3S. The van der Waals surface area contributed by atoms with Gasteiger partial charge in [-0.2, -0.15) is 4.31 Å². The van der Waals surface area contributed by atoms with Gasteiger partial charge in [-0.1, -0.05) is 43.3 Å². The van der Waals surface area contributed by atoms with Crippen LogP contribution in [0.1, 0.15) is 24.8 Å². The third kappa shape index (κ3) is 4.54. The Balaban J connectivity index is 1.59. The van der Waals surface area contributed by atoms with E-state index in [9.17, 15) is 17.6 Å². The lowest BCUT2D eigenvalue weighted by atomic mass is 9.97. The highest BCUT2D eigenvalue weighted by atomic mass is 32.2. The molecule has 0 aromatic heterocycles. The number of piperazine rings is 1. The molecule has 1 saturated heterocycles. The van der Waals surface area contributed by atoms with E-state index in [-0.39, 0.29) is 29.8 Å². The minimum absolute atomic E-state index is 0.0224. The van der Waals surface area contributed by atoms with Crippen LogP contribution in [0.4, 0.5) is 4.39 Å². The highest BCUT2D eigenvalue weighted by molar-refractivity contribution is 7.89. The summed E-state index contributed by atoms with van der Waals surface area (Å²) in [6.07, 6.45) is 0.390. The predicted molar refractivity (Wildman–Crippen MR) is 101 cm³/mol. The van der Waals surface area contributed by atoms with Crippen molar-refractivity contribution in [1.82, 2.24) is 9.21 Å². The van der Waals surface area contributed by atoms with Gasteiger partial charge < -0.3 is 4.90 Å². The van der Waals surface area contributed by atoms with Crippen LogP contribution < -0.4 is 0 Å². The Kier molecular flexibility index (Phi) is 5.92. The van der Waals surface area contributed by atoms with Crippen molar-refractivity contribution in [1.29, 1.82) is 0 Å². The summed E-state index contributed by atoms with van der Waals surface area (Å²) in [5.41, 5.74) is 1.11. The fourth-order valence-corrected chi connectivity index (χ4v) is 4.70. The van der Waals surface area contributed by atoms with Gasteiger partial charge in [0, 0.05) is 32.6 Å². The monoisotopic (exact) mass is 390 g/mol. The van der Waals surface area contributed by atoms with E-state index in [1.165, 1.54) is 22.5 Å². The Labute approximate surface area is 159 Å². The van der Waals surface area contributed by atoms with Gasteiger partial charge in [-0.25, -0.2) is 12.8 Å². The third-order valence-electron chi connectivity index (χ3n) is 4.87. The summed E-state index contributed by atoms with van der Waals surface area (Å²) < 4.78 is 39.9. The van der Waals surface area contributed by atoms with E-state index in [1.54, 1.807) is 4.90 Å². The Hall–Kier alpha value is -2.25. The lowest BCUT2D eigenvalue weighted by molar-refractivity contribution is -0.132. The molecule has 1 heterocycles. The molecule has 0 spiro atoms. The second kappa shape index (κ2) is 8.19. The maximum absolute atomic E-state index is 13.4. The van der Waals surface area contributed by atoms with Crippen molar-refractivity contribution in [3.05, 3.63) is 66.0 Å². The van der Waals surface area contributed by atoms with Crippen LogP contribution in [-0.2, 0) is 14.8 Å². The van der Waals surface area contributed by atoms with E-state index in [4.69, 9.17) is 0 Å². The molecule has 0 unspecified atom stereocenters. The summed E-state index contributed by atoms with van der Waals surface area (Å²) in [6, 6.07) is 14.8. The topological polar surface area (TPSA) is 57.7 Å². The Morgan fingerprint density at radius 1 is 1.04 bits per heavy atom. The average molecular weight is 390 g/mol. The molecule has 1 fully saturated rings. The predicted octanol–water partition coefficient (Wildman–Crippen LogP) is 2.85. The molecule has 2 aromatic carbocycles. The molecule has 1 atom stereocenters. The molecule has 0 N–H and O–H groups in total. The molecule has 0 saturated carbocycles. The first-order valence-electron chi connectivity index (χ1n) is 8.96. The van der Waals surface area contributed by atoms with Crippen LogP contribution in [0, 0.1) is 5.82 Å². The van der Waals surface area contributed by atoms with Crippen LogP contribution in [0.3, 0.4) is 0 Å². The van der Waals surface area contributed by atoms with Crippen molar-refractivity contribution < 1.29 is 17.6 Å². The summed E-state index contributed by atoms with van der Waals surface area (Å²) in [7, 11) is -3.74. The number of amides is 1. The summed E-state index contributed by atoms with van der Waals surface area (Å²) in [5.74, 6) is -0.457. The van der Waals surface area contributed by atoms with Crippen LogP contribution in [0.2, 0.25) is 0 Å². The molecule has 144 valence electrons. The first-order chi connectivity index (χ1) is 12.9. The second-order valence-electron chi connectivity index (χ2n) is 6.76. The van der Waals surface area contributed by atoms with Gasteiger partial charge in [0.25, 0.3) is 0 Å². The number of rotatable bonds is 5. The number of sulfonamides is 1. The van der Waals surface area contributed by atoms with Gasteiger partial charge in [0.2, 0.25) is 15.9 Å². The number of benzene rings is 2. The Morgan fingerprint density at radius 3 is 2.33 bits per heavy atom. The number of nitrogens with zero attached hydrogens (tertiary/aromatic N) is 2. The van der Waals surface area contributed by atoms with Crippen LogP contribution in [0.5, 0.6) is 0 Å². The van der Waals surface area contributed by atoms with Crippen molar-refractivity contribution in [2.75, 3.05) is 26.2 Å². The van der Waals surface area contributed by atoms with Gasteiger partial charge in [-0.3, -0.25) is 4.79 Å². The zero-order chi connectivity index (χ0) is 19.4. The number of carbonyl (C=O) groups excluding carboxylic acids is 1. The van der Waals surface area contributed by atoms with Gasteiger partial charge in [0.15, 0.2) is 0 Å². The molecule has 1 amide bonds. The second-order valence-corrected chi connectivity index (χ2v) is 8.70. The standard InChI is InChI=1S/C20H23FN2O3S/c1-16(17-6-3-2-4-7-17)14-20(24)22-10-12-23(13-11-22)27(25,26)19-9-5-8-18(21)15-19/h2-9,15-16H,10-14H2,1H3/t16-/m0/s1. The van der Waals surface area contributed by atoms with Crippen LogP contribution in [0.25, 0.3) is 0 Å². The first kappa shape index (κ1) is 19.5. The van der Waals surface area contributed by atoms with Crippen molar-refractivity contribution in [3.8, 4) is 0 Å². The molecule has 7 heteroatoms. The maximum atomic E-state index is 13.4. The summed E-state index contributed by atoms with van der Waals surface area (Å²) in [4.78, 5) is 14.2. The Bertz CT molecular complexity index is 894. The molecule has 2 aromatic rings. The van der Waals surface area contributed by atoms with Gasteiger partial charge in [0.1, 0.15) is 5.82 Å². The molecule has 1 aliphatic rings. The van der Waals surface area contributed by atoms with E-state index in [2.05, 4.69) is 0 Å². The number of hydrogen-bond acceptors (Lipinski definition) is 3. The summed E-state index contributed by atoms with van der Waals surface area (Å²) >= 11 is 0.